The number of anilines is 1. The van der Waals surface area contributed by atoms with Crippen LogP contribution in [-0.4, -0.2) is 64.5 Å². The van der Waals surface area contributed by atoms with Crippen molar-refractivity contribution in [3.63, 3.8) is 0 Å². The summed E-state index contributed by atoms with van der Waals surface area (Å²) < 4.78 is 0. The van der Waals surface area contributed by atoms with Crippen molar-refractivity contribution in [2.24, 2.45) is 0 Å². The quantitative estimate of drug-likeness (QED) is 0.840. The number of piperazine rings is 1. The summed E-state index contributed by atoms with van der Waals surface area (Å²) >= 11 is 1.30. The molecule has 0 unspecified atom stereocenters. The van der Waals surface area contributed by atoms with Crippen molar-refractivity contribution in [1.29, 1.82) is 0 Å². The molecule has 8 heteroatoms. The molecular weight excluding hydrogens is 338 g/mol. The number of nitrogens with one attached hydrogen (secondary N) is 1. The van der Waals surface area contributed by atoms with E-state index in [0.717, 1.165) is 6.42 Å². The molecule has 25 heavy (non-hydrogen) atoms. The molecule has 0 atom stereocenters. The van der Waals surface area contributed by atoms with Crippen LogP contribution < -0.4 is 5.32 Å². The topological polar surface area (TPSA) is 78.4 Å². The maximum absolute atomic E-state index is 12.3. The van der Waals surface area contributed by atoms with Gasteiger partial charge < -0.3 is 4.90 Å². The van der Waals surface area contributed by atoms with Crippen LogP contribution in [0.2, 0.25) is 0 Å². The fourth-order valence-electron chi connectivity index (χ4n) is 2.80. The summed E-state index contributed by atoms with van der Waals surface area (Å²) in [6.07, 6.45) is 1.30. The Morgan fingerprint density at radius 2 is 1.88 bits per heavy atom. The average Bonchev–Trinajstić information content (AvgIpc) is 3.14. The van der Waals surface area contributed by atoms with Gasteiger partial charge in [-0.2, -0.15) is 0 Å². The van der Waals surface area contributed by atoms with Crippen LogP contribution >= 0.6 is 11.3 Å². The molecule has 7 nitrogen and oxygen atoms in total. The molecule has 3 rings (SSSR count). The van der Waals surface area contributed by atoms with Gasteiger partial charge >= 0.3 is 0 Å². The highest BCUT2D eigenvalue weighted by Gasteiger charge is 2.22. The third kappa shape index (κ3) is 5.33. The van der Waals surface area contributed by atoms with Crippen LogP contribution in [0, 0.1) is 0 Å². The van der Waals surface area contributed by atoms with Gasteiger partial charge in [-0.1, -0.05) is 41.7 Å². The van der Waals surface area contributed by atoms with Gasteiger partial charge in [0.25, 0.3) is 0 Å². The molecule has 0 bridgehead atoms. The minimum atomic E-state index is -0.0967. The zero-order valence-corrected chi connectivity index (χ0v) is 14.7. The summed E-state index contributed by atoms with van der Waals surface area (Å²) in [6.45, 7) is 3.06. The standard InChI is InChI=1S/C17H21N5O2S/c23-15(19-17-20-18-13-25-17)12-21-8-10-22(11-9-21)16(24)7-6-14-4-2-1-3-5-14/h1-5,13H,6-12H2,(H,19,20,23). The van der Waals surface area contributed by atoms with Crippen LogP contribution in [0.1, 0.15) is 12.0 Å². The van der Waals surface area contributed by atoms with Crippen LogP contribution in [0.3, 0.4) is 0 Å². The largest absolute Gasteiger partial charge is 0.340 e. The maximum Gasteiger partial charge on any atom is 0.240 e. The summed E-state index contributed by atoms with van der Waals surface area (Å²) in [5.74, 6) is 0.0856. The summed E-state index contributed by atoms with van der Waals surface area (Å²) in [4.78, 5) is 28.2. The molecule has 1 aromatic carbocycles. The van der Waals surface area contributed by atoms with Gasteiger partial charge in [0, 0.05) is 32.6 Å². The fraction of sp³-hybridized carbons (Fsp3) is 0.412. The number of aromatic nitrogens is 2. The number of amides is 2. The van der Waals surface area contributed by atoms with Gasteiger partial charge in [0.2, 0.25) is 16.9 Å². The van der Waals surface area contributed by atoms with E-state index in [1.165, 1.54) is 16.9 Å². The highest BCUT2D eigenvalue weighted by Crippen LogP contribution is 2.10. The van der Waals surface area contributed by atoms with Crippen LogP contribution in [-0.2, 0) is 16.0 Å². The number of aryl methyl sites for hydroxylation is 1. The minimum Gasteiger partial charge on any atom is -0.340 e. The van der Waals surface area contributed by atoms with E-state index < -0.39 is 0 Å². The Balaban J connectivity index is 1.37. The van der Waals surface area contributed by atoms with Crippen molar-refractivity contribution in [3.8, 4) is 0 Å². The Morgan fingerprint density at radius 3 is 2.56 bits per heavy atom. The minimum absolute atomic E-state index is 0.0967. The molecule has 0 spiro atoms. The third-order valence-corrected chi connectivity index (χ3v) is 4.78. The predicted molar refractivity (Wildman–Crippen MR) is 96.3 cm³/mol. The summed E-state index contributed by atoms with van der Waals surface area (Å²) in [5, 5.41) is 10.7. The van der Waals surface area contributed by atoms with E-state index in [-0.39, 0.29) is 11.8 Å². The zero-order valence-electron chi connectivity index (χ0n) is 13.9. The fourth-order valence-corrected chi connectivity index (χ4v) is 3.26. The van der Waals surface area contributed by atoms with E-state index in [0.29, 0.717) is 44.3 Å². The Labute approximate surface area is 150 Å². The second-order valence-electron chi connectivity index (χ2n) is 5.93. The Kier molecular flexibility index (Phi) is 6.08. The van der Waals surface area contributed by atoms with Crippen molar-refractivity contribution in [1.82, 2.24) is 20.0 Å². The normalized spacial score (nSPS) is 15.1. The van der Waals surface area contributed by atoms with Crippen LogP contribution in [0.5, 0.6) is 0 Å². The van der Waals surface area contributed by atoms with Crippen molar-refractivity contribution in [2.75, 3.05) is 38.0 Å². The predicted octanol–water partition coefficient (Wildman–Crippen LogP) is 1.25. The lowest BCUT2D eigenvalue weighted by atomic mass is 10.1. The van der Waals surface area contributed by atoms with E-state index in [2.05, 4.69) is 20.4 Å². The number of rotatable bonds is 6. The van der Waals surface area contributed by atoms with Gasteiger partial charge in [-0.05, 0) is 12.0 Å². The van der Waals surface area contributed by atoms with E-state index in [9.17, 15) is 9.59 Å². The first-order valence-corrected chi connectivity index (χ1v) is 9.19. The van der Waals surface area contributed by atoms with Crippen molar-refractivity contribution >= 4 is 28.3 Å². The summed E-state index contributed by atoms with van der Waals surface area (Å²) in [6, 6.07) is 10.0. The molecule has 1 fully saturated rings. The second-order valence-corrected chi connectivity index (χ2v) is 6.77. The SMILES string of the molecule is O=C(CN1CCN(C(=O)CCc2ccccc2)CC1)Nc1nncs1. The van der Waals surface area contributed by atoms with Gasteiger partial charge in [0.05, 0.1) is 6.54 Å². The lowest BCUT2D eigenvalue weighted by molar-refractivity contribution is -0.133. The van der Waals surface area contributed by atoms with Crippen molar-refractivity contribution in [3.05, 3.63) is 41.4 Å². The van der Waals surface area contributed by atoms with Crippen LogP contribution in [0.15, 0.2) is 35.8 Å². The third-order valence-electron chi connectivity index (χ3n) is 4.17. The molecule has 1 aromatic heterocycles. The molecule has 2 aromatic rings. The summed E-state index contributed by atoms with van der Waals surface area (Å²) in [7, 11) is 0. The first-order valence-electron chi connectivity index (χ1n) is 8.31. The zero-order chi connectivity index (χ0) is 17.5. The highest BCUT2D eigenvalue weighted by atomic mass is 32.1. The van der Waals surface area contributed by atoms with Crippen LogP contribution in [0.25, 0.3) is 0 Å². The molecule has 2 amide bonds. The first-order chi connectivity index (χ1) is 12.2. The molecular formula is C17H21N5O2S. The second kappa shape index (κ2) is 8.68. The first kappa shape index (κ1) is 17.5. The van der Waals surface area contributed by atoms with Gasteiger partial charge in [-0.15, -0.1) is 10.2 Å². The van der Waals surface area contributed by atoms with E-state index in [1.807, 2.05) is 35.2 Å². The number of nitrogens with zero attached hydrogens (tertiary/aromatic N) is 4. The Morgan fingerprint density at radius 1 is 1.12 bits per heavy atom. The average molecular weight is 359 g/mol. The lowest BCUT2D eigenvalue weighted by Crippen LogP contribution is -2.50. The van der Waals surface area contributed by atoms with Gasteiger partial charge in [0.1, 0.15) is 5.51 Å². The molecule has 1 aliphatic heterocycles. The molecule has 0 aliphatic carbocycles. The van der Waals surface area contributed by atoms with Gasteiger partial charge in [-0.3, -0.25) is 19.8 Å². The Hall–Kier alpha value is -2.32. The van der Waals surface area contributed by atoms with Crippen molar-refractivity contribution in [2.45, 2.75) is 12.8 Å². The molecule has 1 aliphatic rings. The van der Waals surface area contributed by atoms with E-state index in [1.54, 1.807) is 5.51 Å². The Bertz CT molecular complexity index is 684. The maximum atomic E-state index is 12.3. The number of hydrogen-bond donors (Lipinski definition) is 1. The smallest absolute Gasteiger partial charge is 0.240 e. The van der Waals surface area contributed by atoms with Gasteiger partial charge in [0.15, 0.2) is 0 Å². The monoisotopic (exact) mass is 359 g/mol. The molecule has 1 N–H and O–H groups in total. The molecule has 0 radical (unpaired) electrons. The molecule has 0 saturated carbocycles. The van der Waals surface area contributed by atoms with E-state index in [4.69, 9.17) is 0 Å². The van der Waals surface area contributed by atoms with Crippen molar-refractivity contribution < 1.29 is 9.59 Å². The van der Waals surface area contributed by atoms with E-state index >= 15 is 0 Å². The highest BCUT2D eigenvalue weighted by molar-refractivity contribution is 7.13. The van der Waals surface area contributed by atoms with Crippen LogP contribution in [0.4, 0.5) is 5.13 Å². The number of carbonyl (C=O) groups excluding carboxylic acids is 2. The number of benzene rings is 1. The lowest BCUT2D eigenvalue weighted by Gasteiger charge is -2.34. The number of carbonyl (C=O) groups is 2. The summed E-state index contributed by atoms with van der Waals surface area (Å²) in [5.41, 5.74) is 2.76. The van der Waals surface area contributed by atoms with Gasteiger partial charge in [-0.25, -0.2) is 0 Å². The number of hydrogen-bond acceptors (Lipinski definition) is 6. The molecule has 2 heterocycles. The molecule has 1 saturated heterocycles. The molecule has 132 valence electrons.